The number of rotatable bonds is 6. The summed E-state index contributed by atoms with van der Waals surface area (Å²) in [7, 11) is 0. The van der Waals surface area contributed by atoms with Crippen LogP contribution in [0.5, 0.6) is 0 Å². The number of nitrogens with zero attached hydrogens (tertiary/aromatic N) is 4. The third-order valence-corrected chi connectivity index (χ3v) is 3.78. The summed E-state index contributed by atoms with van der Waals surface area (Å²) in [5.41, 5.74) is 3.43. The van der Waals surface area contributed by atoms with Gasteiger partial charge in [-0.15, -0.1) is 0 Å². The Labute approximate surface area is 153 Å². The fraction of sp³-hybridized carbons (Fsp3) is 0.158. The van der Waals surface area contributed by atoms with Gasteiger partial charge in [-0.25, -0.2) is 19.2 Å². The molecule has 0 saturated heterocycles. The van der Waals surface area contributed by atoms with Crippen molar-refractivity contribution in [2.24, 2.45) is 20.0 Å². The quantitative estimate of drug-likeness (QED) is 0.575. The van der Waals surface area contributed by atoms with Gasteiger partial charge in [-0.2, -0.15) is 20.0 Å². The van der Waals surface area contributed by atoms with Gasteiger partial charge in [-0.3, -0.25) is 0 Å². The van der Waals surface area contributed by atoms with E-state index in [1.165, 1.54) is 24.3 Å². The molecule has 0 unspecified atom stereocenters. The van der Waals surface area contributed by atoms with Gasteiger partial charge in [0.1, 0.15) is 0 Å². The van der Waals surface area contributed by atoms with Crippen LogP contribution in [0.15, 0.2) is 44.2 Å². The van der Waals surface area contributed by atoms with Crippen LogP contribution in [0, 0.1) is 13.8 Å². The standard InChI is InChI=1S/C19H12N4O4/c1-12-3-18(22-10-26)15(19(4-12)23-11-27)6-14-7-16(20-8-24)13(2)5-17(14)21-9-25/h3-5,7H,6H2,1-2H3. The van der Waals surface area contributed by atoms with E-state index in [0.29, 0.717) is 28.1 Å². The maximum atomic E-state index is 10.8. The highest BCUT2D eigenvalue weighted by molar-refractivity contribution is 5.71. The first-order chi connectivity index (χ1) is 13.0. The molecular weight excluding hydrogens is 348 g/mol. The summed E-state index contributed by atoms with van der Waals surface area (Å²) in [6.07, 6.45) is 5.97. The minimum absolute atomic E-state index is 0.101. The maximum absolute atomic E-state index is 10.8. The zero-order chi connectivity index (χ0) is 19.8. The van der Waals surface area contributed by atoms with Crippen LogP contribution in [0.25, 0.3) is 0 Å². The number of isocyanates is 4. The lowest BCUT2D eigenvalue weighted by molar-refractivity contribution is 0.564. The molecule has 0 saturated carbocycles. The normalized spacial score (nSPS) is 9.26. The van der Waals surface area contributed by atoms with Gasteiger partial charge in [-0.1, -0.05) is 0 Å². The highest BCUT2D eigenvalue weighted by atomic mass is 16.1. The van der Waals surface area contributed by atoms with E-state index >= 15 is 0 Å². The topological polar surface area (TPSA) is 118 Å². The lowest BCUT2D eigenvalue weighted by Gasteiger charge is -2.12. The Morgan fingerprint density at radius 1 is 0.667 bits per heavy atom. The number of hydrogen-bond acceptors (Lipinski definition) is 8. The van der Waals surface area contributed by atoms with Crippen LogP contribution in [0.4, 0.5) is 22.7 Å². The Morgan fingerprint density at radius 3 is 1.67 bits per heavy atom. The molecule has 132 valence electrons. The lowest BCUT2D eigenvalue weighted by Crippen LogP contribution is -1.93. The zero-order valence-electron chi connectivity index (χ0n) is 14.4. The van der Waals surface area contributed by atoms with Gasteiger partial charge in [0.05, 0.1) is 22.7 Å². The summed E-state index contributed by atoms with van der Waals surface area (Å²) in [6.45, 7) is 3.45. The molecule has 0 fully saturated rings. The molecule has 0 heterocycles. The van der Waals surface area contributed by atoms with E-state index in [0.717, 1.165) is 5.56 Å². The Kier molecular flexibility index (Phi) is 6.34. The summed E-state index contributed by atoms with van der Waals surface area (Å²) in [5.74, 6) is 0. The molecule has 0 aliphatic carbocycles. The molecule has 2 rings (SSSR count). The van der Waals surface area contributed by atoms with Crippen molar-refractivity contribution < 1.29 is 19.2 Å². The average Bonchev–Trinajstić information content (AvgIpc) is 2.62. The Hall–Kier alpha value is -4.04. The second kappa shape index (κ2) is 8.88. The molecule has 0 amide bonds. The summed E-state index contributed by atoms with van der Waals surface area (Å²) < 4.78 is 0. The van der Waals surface area contributed by atoms with Gasteiger partial charge in [0, 0.05) is 12.0 Å². The third-order valence-electron chi connectivity index (χ3n) is 3.78. The van der Waals surface area contributed by atoms with Gasteiger partial charge in [0.25, 0.3) is 0 Å². The molecule has 0 radical (unpaired) electrons. The van der Waals surface area contributed by atoms with Gasteiger partial charge in [0.15, 0.2) is 0 Å². The van der Waals surface area contributed by atoms with Crippen molar-refractivity contribution in [1.29, 1.82) is 0 Å². The van der Waals surface area contributed by atoms with E-state index in [-0.39, 0.29) is 17.8 Å². The number of hydrogen-bond donors (Lipinski definition) is 0. The van der Waals surface area contributed by atoms with E-state index in [4.69, 9.17) is 0 Å². The fourth-order valence-electron chi connectivity index (χ4n) is 2.64. The predicted octanol–water partition coefficient (Wildman–Crippen LogP) is 3.76. The van der Waals surface area contributed by atoms with Crippen LogP contribution in [0.3, 0.4) is 0 Å². The summed E-state index contributed by atoms with van der Waals surface area (Å²) in [5, 5.41) is 0. The molecule has 8 nitrogen and oxygen atoms in total. The molecule has 0 N–H and O–H groups in total. The second-order valence-electron chi connectivity index (χ2n) is 5.54. The molecule has 0 aromatic heterocycles. The van der Waals surface area contributed by atoms with Crippen LogP contribution >= 0.6 is 0 Å². The van der Waals surface area contributed by atoms with Crippen LogP contribution < -0.4 is 0 Å². The predicted molar refractivity (Wildman–Crippen MR) is 96.3 cm³/mol. The molecule has 8 heteroatoms. The van der Waals surface area contributed by atoms with Gasteiger partial charge < -0.3 is 0 Å². The highest BCUT2D eigenvalue weighted by Gasteiger charge is 2.15. The largest absolute Gasteiger partial charge is 0.240 e. The van der Waals surface area contributed by atoms with Gasteiger partial charge >= 0.3 is 0 Å². The Morgan fingerprint density at radius 2 is 1.15 bits per heavy atom. The molecule has 0 bridgehead atoms. The van der Waals surface area contributed by atoms with Gasteiger partial charge in [-0.05, 0) is 54.8 Å². The van der Waals surface area contributed by atoms with Crippen molar-refractivity contribution in [3.05, 3.63) is 46.5 Å². The van der Waals surface area contributed by atoms with E-state index in [1.807, 2.05) is 0 Å². The van der Waals surface area contributed by atoms with Crippen LogP contribution in [0.1, 0.15) is 22.3 Å². The first-order valence-electron chi connectivity index (χ1n) is 7.62. The Bertz CT molecular complexity index is 1060. The second-order valence-corrected chi connectivity index (χ2v) is 5.54. The monoisotopic (exact) mass is 360 g/mol. The average molecular weight is 360 g/mol. The van der Waals surface area contributed by atoms with Crippen LogP contribution in [0.2, 0.25) is 0 Å². The molecule has 0 aliphatic rings. The van der Waals surface area contributed by atoms with Crippen molar-refractivity contribution in [3.63, 3.8) is 0 Å². The third kappa shape index (κ3) is 4.53. The summed E-state index contributed by atoms with van der Waals surface area (Å²) >= 11 is 0. The maximum Gasteiger partial charge on any atom is 0.240 e. The number of carbonyl (C=O) groups excluding carboxylic acids is 4. The molecule has 0 spiro atoms. The minimum atomic E-state index is 0.101. The minimum Gasteiger partial charge on any atom is -0.211 e. The van der Waals surface area contributed by atoms with Crippen molar-refractivity contribution in [1.82, 2.24) is 0 Å². The zero-order valence-corrected chi connectivity index (χ0v) is 14.4. The molecular formula is C19H12N4O4. The highest BCUT2D eigenvalue weighted by Crippen LogP contribution is 2.37. The number of aryl methyl sites for hydroxylation is 2. The van der Waals surface area contributed by atoms with E-state index in [1.54, 1.807) is 38.1 Å². The van der Waals surface area contributed by atoms with Gasteiger partial charge in [0.2, 0.25) is 24.3 Å². The SMILES string of the molecule is Cc1cc(N=C=O)c(Cc2cc(N=C=O)c(C)cc2N=C=O)c(N=C=O)c1. The smallest absolute Gasteiger partial charge is 0.211 e. The summed E-state index contributed by atoms with van der Waals surface area (Å²) in [4.78, 5) is 57.6. The molecule has 0 aliphatic heterocycles. The number of aliphatic imine (C=N–C) groups is 4. The van der Waals surface area contributed by atoms with Crippen LogP contribution in [-0.4, -0.2) is 24.3 Å². The first-order valence-corrected chi connectivity index (χ1v) is 7.62. The molecule has 2 aromatic rings. The molecule has 27 heavy (non-hydrogen) atoms. The van der Waals surface area contributed by atoms with E-state index in [9.17, 15) is 19.2 Å². The van der Waals surface area contributed by atoms with Crippen molar-refractivity contribution in [3.8, 4) is 0 Å². The Balaban J connectivity index is 2.77. The van der Waals surface area contributed by atoms with Crippen molar-refractivity contribution in [2.75, 3.05) is 0 Å². The van der Waals surface area contributed by atoms with E-state index < -0.39 is 0 Å². The number of benzene rings is 2. The van der Waals surface area contributed by atoms with Crippen molar-refractivity contribution in [2.45, 2.75) is 20.3 Å². The first kappa shape index (κ1) is 19.3. The summed E-state index contributed by atoms with van der Waals surface area (Å²) in [6, 6.07) is 6.38. The lowest BCUT2D eigenvalue weighted by atomic mass is 9.97. The van der Waals surface area contributed by atoms with Crippen molar-refractivity contribution >= 4 is 47.1 Å². The van der Waals surface area contributed by atoms with Crippen LogP contribution in [-0.2, 0) is 25.6 Å². The molecule has 0 atom stereocenters. The fourth-order valence-corrected chi connectivity index (χ4v) is 2.64. The molecule has 2 aromatic carbocycles. The van der Waals surface area contributed by atoms with E-state index in [2.05, 4.69) is 20.0 Å².